The highest BCUT2D eigenvalue weighted by Crippen LogP contribution is 2.39. The minimum absolute atomic E-state index is 0.116. The van der Waals surface area contributed by atoms with Crippen LogP contribution in [0.2, 0.25) is 10.0 Å². The van der Waals surface area contributed by atoms with Gasteiger partial charge in [0.2, 0.25) is 0 Å². The van der Waals surface area contributed by atoms with Gasteiger partial charge in [0.25, 0.3) is 0 Å². The van der Waals surface area contributed by atoms with E-state index in [-0.39, 0.29) is 28.0 Å². The van der Waals surface area contributed by atoms with E-state index >= 15 is 0 Å². The van der Waals surface area contributed by atoms with Gasteiger partial charge in [-0.2, -0.15) is 18.3 Å². The molecule has 0 spiro atoms. The van der Waals surface area contributed by atoms with Crippen LogP contribution in [0.15, 0.2) is 60.9 Å². The molecule has 1 heterocycles. The summed E-state index contributed by atoms with van der Waals surface area (Å²) in [7, 11) is 1.71. The fourth-order valence-corrected chi connectivity index (χ4v) is 3.80. The normalized spacial score (nSPS) is 11.6. The van der Waals surface area contributed by atoms with E-state index in [0.29, 0.717) is 22.5 Å². The fourth-order valence-electron chi connectivity index (χ4n) is 3.26. The lowest BCUT2D eigenvalue weighted by Crippen LogP contribution is -2.05. The summed E-state index contributed by atoms with van der Waals surface area (Å²) in [5.41, 5.74) is 0.625. The number of ether oxygens (including phenoxy) is 1. The van der Waals surface area contributed by atoms with E-state index in [0.717, 1.165) is 12.1 Å². The Morgan fingerprint density at radius 1 is 1.00 bits per heavy atom. The van der Waals surface area contributed by atoms with Crippen LogP contribution in [0.4, 0.5) is 17.6 Å². The molecular formula is C23H15Cl2F4N3O. The maximum atomic E-state index is 14.8. The average molecular weight is 496 g/mol. The zero-order valence-electron chi connectivity index (χ0n) is 17.0. The molecular weight excluding hydrogens is 481 g/mol. The molecule has 4 aromatic rings. The molecule has 33 heavy (non-hydrogen) atoms. The molecule has 0 aliphatic heterocycles. The number of nitrogens with zero attached hydrogens (tertiary/aromatic N) is 3. The highest BCUT2D eigenvalue weighted by Gasteiger charge is 2.30. The molecule has 0 fully saturated rings. The number of hydrogen-bond acceptors (Lipinski definition) is 3. The van der Waals surface area contributed by atoms with Gasteiger partial charge >= 0.3 is 6.18 Å². The summed E-state index contributed by atoms with van der Waals surface area (Å²) in [6.45, 7) is -0.139. The molecule has 0 bridgehead atoms. The lowest BCUT2D eigenvalue weighted by Gasteiger charge is -2.16. The Labute approximate surface area is 196 Å². The van der Waals surface area contributed by atoms with E-state index in [4.69, 9.17) is 27.9 Å². The van der Waals surface area contributed by atoms with E-state index < -0.39 is 17.6 Å². The van der Waals surface area contributed by atoms with Crippen LogP contribution >= 0.6 is 23.2 Å². The number of alkyl halides is 3. The number of hydrogen-bond donors (Lipinski definition) is 0. The maximum absolute atomic E-state index is 14.8. The van der Waals surface area contributed by atoms with Crippen molar-refractivity contribution in [2.75, 3.05) is 0 Å². The smallest absolute Gasteiger partial charge is 0.416 e. The first kappa shape index (κ1) is 23.1. The monoisotopic (exact) mass is 495 g/mol. The van der Waals surface area contributed by atoms with E-state index in [9.17, 15) is 17.6 Å². The number of aromatic nitrogens is 3. The van der Waals surface area contributed by atoms with E-state index in [2.05, 4.69) is 10.1 Å². The first-order valence-corrected chi connectivity index (χ1v) is 10.3. The molecule has 0 atom stereocenters. The van der Waals surface area contributed by atoms with Crippen molar-refractivity contribution in [2.24, 2.45) is 7.05 Å². The summed E-state index contributed by atoms with van der Waals surface area (Å²) in [4.78, 5) is 4.20. The first-order chi connectivity index (χ1) is 15.6. The minimum Gasteiger partial charge on any atom is -0.489 e. The van der Waals surface area contributed by atoms with Crippen molar-refractivity contribution in [1.29, 1.82) is 0 Å². The van der Waals surface area contributed by atoms with Crippen molar-refractivity contribution in [3.63, 3.8) is 0 Å². The molecule has 0 saturated heterocycles. The molecule has 0 N–H and O–H groups in total. The third-order valence-electron chi connectivity index (χ3n) is 4.85. The second-order valence-electron chi connectivity index (χ2n) is 7.13. The predicted octanol–water partition coefficient (Wildman–Crippen LogP) is 7.19. The van der Waals surface area contributed by atoms with E-state index in [1.54, 1.807) is 25.2 Å². The molecule has 4 nitrogen and oxygen atoms in total. The van der Waals surface area contributed by atoms with Crippen LogP contribution in [0.1, 0.15) is 11.1 Å². The van der Waals surface area contributed by atoms with Gasteiger partial charge in [-0.25, -0.2) is 9.37 Å². The molecule has 4 rings (SSSR count). The van der Waals surface area contributed by atoms with Gasteiger partial charge < -0.3 is 4.74 Å². The number of rotatable bonds is 5. The highest BCUT2D eigenvalue weighted by molar-refractivity contribution is 6.34. The molecule has 0 radical (unpaired) electrons. The predicted molar refractivity (Wildman–Crippen MR) is 118 cm³/mol. The second kappa shape index (κ2) is 9.03. The average Bonchev–Trinajstić information content (AvgIpc) is 3.19. The third kappa shape index (κ3) is 4.96. The topological polar surface area (TPSA) is 39.9 Å². The molecule has 0 saturated carbocycles. The Morgan fingerprint density at radius 3 is 2.33 bits per heavy atom. The summed E-state index contributed by atoms with van der Waals surface area (Å²) in [6, 6.07) is 11.8. The number of halogens is 6. The minimum atomic E-state index is -4.45. The summed E-state index contributed by atoms with van der Waals surface area (Å²) in [6.07, 6.45) is -2.94. The van der Waals surface area contributed by atoms with Gasteiger partial charge in [-0.1, -0.05) is 29.3 Å². The standard InChI is InChI=1S/C23H15Cl2F4N3O/c1-32-12-30-22(31-32)13-9-16(21-18(24)3-2-4-20(21)26)17(19(25)10-13)11-33-15-7-5-14(6-8-15)23(27,28)29/h2-10,12H,11H2,1H3. The quantitative estimate of drug-likeness (QED) is 0.275. The van der Waals surface area contributed by atoms with Gasteiger partial charge in [0.05, 0.1) is 10.6 Å². The summed E-state index contributed by atoms with van der Waals surface area (Å²) >= 11 is 12.8. The van der Waals surface area contributed by atoms with Crippen molar-refractivity contribution in [3.05, 3.63) is 87.9 Å². The number of aryl methyl sites for hydroxylation is 1. The van der Waals surface area contributed by atoms with E-state index in [1.807, 2.05) is 0 Å². The van der Waals surface area contributed by atoms with Crippen LogP contribution in [0.25, 0.3) is 22.5 Å². The molecule has 3 aromatic carbocycles. The zero-order chi connectivity index (χ0) is 23.8. The lowest BCUT2D eigenvalue weighted by atomic mass is 9.96. The van der Waals surface area contributed by atoms with Crippen molar-refractivity contribution in [2.45, 2.75) is 12.8 Å². The van der Waals surface area contributed by atoms with Crippen LogP contribution in [0.3, 0.4) is 0 Å². The van der Waals surface area contributed by atoms with Crippen molar-refractivity contribution < 1.29 is 22.3 Å². The van der Waals surface area contributed by atoms with Gasteiger partial charge in [-0.3, -0.25) is 4.68 Å². The van der Waals surface area contributed by atoms with Crippen LogP contribution in [0.5, 0.6) is 5.75 Å². The SMILES string of the molecule is Cn1cnc(-c2cc(Cl)c(COc3ccc(C(F)(F)F)cc3)c(-c3c(F)cccc3Cl)c2)n1. The van der Waals surface area contributed by atoms with Crippen LogP contribution in [0, 0.1) is 5.82 Å². The molecule has 0 aliphatic carbocycles. The van der Waals surface area contributed by atoms with Crippen molar-refractivity contribution in [3.8, 4) is 28.3 Å². The molecule has 0 unspecified atom stereocenters. The molecule has 0 amide bonds. The Morgan fingerprint density at radius 2 is 1.73 bits per heavy atom. The Bertz CT molecular complexity index is 1280. The van der Waals surface area contributed by atoms with Gasteiger partial charge in [0.15, 0.2) is 5.82 Å². The van der Waals surface area contributed by atoms with Crippen LogP contribution in [-0.2, 0) is 19.8 Å². The molecule has 1 aromatic heterocycles. The lowest BCUT2D eigenvalue weighted by molar-refractivity contribution is -0.137. The molecule has 10 heteroatoms. The first-order valence-electron chi connectivity index (χ1n) is 9.56. The summed E-state index contributed by atoms with van der Waals surface area (Å²) in [5, 5.41) is 4.65. The Kier molecular flexibility index (Phi) is 6.32. The van der Waals surface area contributed by atoms with E-state index in [1.165, 1.54) is 35.3 Å². The maximum Gasteiger partial charge on any atom is 0.416 e. The zero-order valence-corrected chi connectivity index (χ0v) is 18.5. The molecule has 170 valence electrons. The summed E-state index contributed by atoms with van der Waals surface area (Å²) < 4.78 is 60.4. The van der Waals surface area contributed by atoms with Gasteiger partial charge in [-0.15, -0.1) is 0 Å². The summed E-state index contributed by atoms with van der Waals surface area (Å²) in [5.74, 6) is 0.00362. The number of benzene rings is 3. The third-order valence-corrected chi connectivity index (χ3v) is 5.50. The Balaban J connectivity index is 1.75. The molecule has 0 aliphatic rings. The van der Waals surface area contributed by atoms with Gasteiger partial charge in [0.1, 0.15) is 24.5 Å². The van der Waals surface area contributed by atoms with Crippen LogP contribution in [-0.4, -0.2) is 14.8 Å². The van der Waals surface area contributed by atoms with Crippen LogP contribution < -0.4 is 4.74 Å². The van der Waals surface area contributed by atoms with Crippen molar-refractivity contribution in [1.82, 2.24) is 14.8 Å². The van der Waals surface area contributed by atoms with Crippen molar-refractivity contribution >= 4 is 23.2 Å². The van der Waals surface area contributed by atoms with Gasteiger partial charge in [-0.05, 0) is 54.1 Å². The second-order valence-corrected chi connectivity index (χ2v) is 7.95. The van der Waals surface area contributed by atoms with Gasteiger partial charge in [0, 0.05) is 28.8 Å². The largest absolute Gasteiger partial charge is 0.489 e. The fraction of sp³-hybridized carbons (Fsp3) is 0.130. The Hall–Kier alpha value is -3.10. The highest BCUT2D eigenvalue weighted by atomic mass is 35.5.